The van der Waals surface area contributed by atoms with Crippen LogP contribution in [-0.2, 0) is 4.79 Å². The normalized spacial score (nSPS) is 16.8. The Morgan fingerprint density at radius 2 is 1.26 bits per heavy atom. The van der Waals surface area contributed by atoms with Gasteiger partial charge >= 0.3 is 35.8 Å². The second kappa shape index (κ2) is 7.43. The molecule has 0 spiro atoms. The molecule has 0 saturated carbocycles. The predicted molar refractivity (Wildman–Crippen MR) is 67.1 cm³/mol. The third-order valence-corrected chi connectivity index (χ3v) is 3.67. The molecule has 0 aliphatic carbocycles. The summed E-state index contributed by atoms with van der Waals surface area (Å²) in [5.41, 5.74) is -11.9. The summed E-state index contributed by atoms with van der Waals surface area (Å²) in [6, 6.07) is 0. The Balaban J connectivity index is 6.88. The molecule has 0 aromatic rings. The van der Waals surface area contributed by atoms with Crippen molar-refractivity contribution in [2.75, 3.05) is 0 Å². The van der Waals surface area contributed by atoms with Gasteiger partial charge in [-0.3, -0.25) is 0 Å². The maximum atomic E-state index is 14.1. The van der Waals surface area contributed by atoms with Gasteiger partial charge in [-0.2, -0.15) is 43.9 Å². The summed E-state index contributed by atoms with van der Waals surface area (Å²) < 4.78 is 144. The van der Waals surface area contributed by atoms with E-state index in [-0.39, 0.29) is 6.92 Å². The lowest BCUT2D eigenvalue weighted by Crippen LogP contribution is -2.70. The molecule has 0 heterocycles. The Morgan fingerprint density at radius 1 is 0.889 bits per heavy atom. The highest BCUT2D eigenvalue weighted by Gasteiger charge is 2.90. The fourth-order valence-corrected chi connectivity index (χ4v) is 1.95. The quantitative estimate of drug-likeness (QED) is 0.460. The minimum absolute atomic E-state index is 0.186. The zero-order valence-electron chi connectivity index (χ0n) is 13.5. The van der Waals surface area contributed by atoms with Gasteiger partial charge in [-0.1, -0.05) is 6.92 Å². The fraction of sp³-hybridized carbons (Fsp3) is 0.769. The standard InChI is InChI=1S/C13H13F11O3/c1-3-6(25)4-7(5(2)8(26)27)9(14,15)11(17,18)10(16,12(19,20)21)13(22,23)24/h6,25H,3-4H2,1-2H3,(H,26,27). The zero-order chi connectivity index (χ0) is 22.2. The first kappa shape index (κ1) is 25.4. The van der Waals surface area contributed by atoms with Gasteiger partial charge in [0, 0.05) is 17.6 Å². The number of aliphatic carboxylic acids is 1. The Labute approximate surface area is 144 Å². The molecular formula is C13H13F11O3. The molecule has 0 saturated heterocycles. The van der Waals surface area contributed by atoms with Crippen LogP contribution in [0.15, 0.2) is 11.1 Å². The first-order valence-electron chi connectivity index (χ1n) is 6.89. The number of carbonyl (C=O) groups is 1. The summed E-state index contributed by atoms with van der Waals surface area (Å²) in [6.07, 6.45) is -19.3. The predicted octanol–water partition coefficient (Wildman–Crippen LogP) is 4.65. The number of aliphatic hydroxyl groups excluding tert-OH is 1. The molecule has 0 fully saturated rings. The van der Waals surface area contributed by atoms with Crippen LogP contribution in [-0.4, -0.2) is 52.2 Å². The van der Waals surface area contributed by atoms with Gasteiger partial charge in [-0.05, 0) is 13.3 Å². The van der Waals surface area contributed by atoms with Crippen molar-refractivity contribution in [2.24, 2.45) is 0 Å². The minimum Gasteiger partial charge on any atom is -0.478 e. The number of rotatable bonds is 7. The fourth-order valence-electron chi connectivity index (χ4n) is 1.95. The lowest BCUT2D eigenvalue weighted by Gasteiger charge is -2.40. The van der Waals surface area contributed by atoms with Gasteiger partial charge < -0.3 is 10.2 Å². The van der Waals surface area contributed by atoms with E-state index < -0.39 is 65.9 Å². The van der Waals surface area contributed by atoms with E-state index in [1.807, 2.05) is 0 Å². The molecule has 2 N–H and O–H groups in total. The second-order valence-corrected chi connectivity index (χ2v) is 5.48. The van der Waals surface area contributed by atoms with Crippen molar-refractivity contribution in [1.82, 2.24) is 0 Å². The molecular weight excluding hydrogens is 413 g/mol. The van der Waals surface area contributed by atoms with E-state index in [9.17, 15) is 58.2 Å². The number of hydrogen-bond donors (Lipinski definition) is 2. The van der Waals surface area contributed by atoms with E-state index in [1.54, 1.807) is 0 Å². The summed E-state index contributed by atoms with van der Waals surface area (Å²) in [5, 5.41) is 17.9. The molecule has 0 bridgehead atoms. The van der Waals surface area contributed by atoms with Crippen LogP contribution in [0, 0.1) is 0 Å². The molecule has 3 nitrogen and oxygen atoms in total. The molecule has 0 amide bonds. The second-order valence-electron chi connectivity index (χ2n) is 5.48. The number of carboxylic acid groups (broad SMARTS) is 1. The van der Waals surface area contributed by atoms with Crippen LogP contribution in [0.25, 0.3) is 0 Å². The van der Waals surface area contributed by atoms with Crippen molar-refractivity contribution in [3.63, 3.8) is 0 Å². The smallest absolute Gasteiger partial charge is 0.438 e. The molecule has 14 heteroatoms. The van der Waals surface area contributed by atoms with Crippen molar-refractivity contribution in [2.45, 2.75) is 62.7 Å². The number of hydrogen-bond acceptors (Lipinski definition) is 2. The van der Waals surface area contributed by atoms with Crippen LogP contribution in [0.5, 0.6) is 0 Å². The highest BCUT2D eigenvalue weighted by Crippen LogP contribution is 2.61. The summed E-state index contributed by atoms with van der Waals surface area (Å²) in [6.45, 7) is 1.25. The Kier molecular flexibility index (Phi) is 6.99. The first-order chi connectivity index (χ1) is 11.7. The van der Waals surface area contributed by atoms with Crippen molar-refractivity contribution in [3.05, 3.63) is 11.1 Å². The van der Waals surface area contributed by atoms with Gasteiger partial charge in [0.05, 0.1) is 6.10 Å². The Morgan fingerprint density at radius 3 is 1.52 bits per heavy atom. The van der Waals surface area contributed by atoms with Gasteiger partial charge in [0.2, 0.25) is 0 Å². The van der Waals surface area contributed by atoms with Gasteiger partial charge in [0.1, 0.15) is 0 Å². The third kappa shape index (κ3) is 4.14. The molecule has 0 aliphatic rings. The van der Waals surface area contributed by atoms with E-state index >= 15 is 0 Å². The lowest BCUT2D eigenvalue weighted by atomic mass is 9.83. The summed E-state index contributed by atoms with van der Waals surface area (Å²) in [7, 11) is 0. The van der Waals surface area contributed by atoms with Gasteiger partial charge in [-0.25, -0.2) is 9.18 Å². The van der Waals surface area contributed by atoms with Crippen LogP contribution in [0.2, 0.25) is 0 Å². The molecule has 160 valence electrons. The summed E-state index contributed by atoms with van der Waals surface area (Å²) >= 11 is 0. The highest BCUT2D eigenvalue weighted by molar-refractivity contribution is 5.87. The van der Waals surface area contributed by atoms with Gasteiger partial charge in [0.15, 0.2) is 0 Å². The van der Waals surface area contributed by atoms with E-state index in [2.05, 4.69) is 0 Å². The first-order valence-corrected chi connectivity index (χ1v) is 6.89. The van der Waals surface area contributed by atoms with Crippen LogP contribution < -0.4 is 0 Å². The maximum Gasteiger partial charge on any atom is 0.438 e. The lowest BCUT2D eigenvalue weighted by molar-refractivity contribution is -0.422. The average Bonchev–Trinajstić information content (AvgIpc) is 2.47. The van der Waals surface area contributed by atoms with Crippen molar-refractivity contribution >= 4 is 5.97 Å². The molecule has 1 unspecified atom stereocenters. The largest absolute Gasteiger partial charge is 0.478 e. The minimum atomic E-state index is -7.70. The Hall–Kier alpha value is -1.60. The SMILES string of the molecule is CCC(O)CC(=C(C)C(=O)O)C(F)(F)C(F)(F)C(F)(C(F)(F)F)C(F)(F)F. The van der Waals surface area contributed by atoms with Crippen molar-refractivity contribution < 1.29 is 63.3 Å². The van der Waals surface area contributed by atoms with Crippen LogP contribution in [0.1, 0.15) is 26.7 Å². The monoisotopic (exact) mass is 426 g/mol. The number of halogens is 11. The van der Waals surface area contributed by atoms with Crippen molar-refractivity contribution in [1.29, 1.82) is 0 Å². The maximum absolute atomic E-state index is 14.1. The zero-order valence-corrected chi connectivity index (χ0v) is 13.5. The Bertz CT molecular complexity index is 575. The summed E-state index contributed by atoms with van der Waals surface area (Å²) in [5.74, 6) is -16.5. The van der Waals surface area contributed by atoms with E-state index in [1.165, 1.54) is 0 Å². The molecule has 0 radical (unpaired) electrons. The van der Waals surface area contributed by atoms with E-state index in [0.717, 1.165) is 6.92 Å². The number of aliphatic hydroxyl groups is 1. The van der Waals surface area contributed by atoms with Crippen molar-refractivity contribution in [3.8, 4) is 0 Å². The molecule has 27 heavy (non-hydrogen) atoms. The average molecular weight is 426 g/mol. The van der Waals surface area contributed by atoms with Gasteiger partial charge in [0.25, 0.3) is 0 Å². The van der Waals surface area contributed by atoms with Crippen LogP contribution in [0.3, 0.4) is 0 Å². The molecule has 0 aromatic carbocycles. The summed E-state index contributed by atoms with van der Waals surface area (Å²) in [4.78, 5) is 10.8. The van der Waals surface area contributed by atoms with Crippen LogP contribution >= 0.6 is 0 Å². The highest BCUT2D eigenvalue weighted by atomic mass is 19.4. The third-order valence-electron chi connectivity index (χ3n) is 3.67. The molecule has 0 aromatic heterocycles. The molecule has 0 rings (SSSR count). The van der Waals surface area contributed by atoms with E-state index in [0.29, 0.717) is 0 Å². The topological polar surface area (TPSA) is 57.5 Å². The number of alkyl halides is 11. The van der Waals surface area contributed by atoms with E-state index in [4.69, 9.17) is 5.11 Å². The molecule has 1 atom stereocenters. The number of carboxylic acids is 1. The molecule has 0 aliphatic heterocycles. The van der Waals surface area contributed by atoms with Gasteiger partial charge in [-0.15, -0.1) is 0 Å². The van der Waals surface area contributed by atoms with Crippen LogP contribution in [0.4, 0.5) is 48.3 Å².